The average molecular weight is 161 g/mol. The van der Waals surface area contributed by atoms with Gasteiger partial charge in [0.15, 0.2) is 0 Å². The van der Waals surface area contributed by atoms with Gasteiger partial charge in [0.05, 0.1) is 16.7 Å². The van der Waals surface area contributed by atoms with E-state index in [1.165, 1.54) is 0 Å². The van der Waals surface area contributed by atoms with Crippen LogP contribution in [0.1, 0.15) is 13.8 Å². The highest BCUT2D eigenvalue weighted by Crippen LogP contribution is 2.32. The molecule has 2 unspecified atom stereocenters. The van der Waals surface area contributed by atoms with E-state index >= 15 is 0 Å². The molecule has 0 amide bonds. The van der Waals surface area contributed by atoms with Crippen LogP contribution in [0, 0.1) is 0 Å². The van der Waals surface area contributed by atoms with Crippen LogP contribution in [0.15, 0.2) is 0 Å². The second-order valence-corrected chi connectivity index (χ2v) is 4.95. The molecule has 0 spiro atoms. The van der Waals surface area contributed by atoms with Crippen LogP contribution in [-0.2, 0) is 4.74 Å². The van der Waals surface area contributed by atoms with E-state index in [0.717, 1.165) is 13.2 Å². The molecule has 0 aromatic rings. The molecule has 0 aromatic carbocycles. The molecule has 1 aliphatic heterocycles. The zero-order valence-electron chi connectivity index (χ0n) is 6.81. The van der Waals surface area contributed by atoms with Gasteiger partial charge >= 0.3 is 0 Å². The van der Waals surface area contributed by atoms with Crippen molar-refractivity contribution in [1.82, 2.24) is 5.32 Å². The Hall–Kier alpha value is 0.270. The zero-order valence-corrected chi connectivity index (χ0v) is 7.62. The molecule has 1 aliphatic rings. The summed E-state index contributed by atoms with van der Waals surface area (Å²) in [5, 5.41) is 3.96. The van der Waals surface area contributed by atoms with Gasteiger partial charge in [0.1, 0.15) is 0 Å². The lowest BCUT2D eigenvalue weighted by molar-refractivity contribution is 0.175. The Balaban J connectivity index is 2.38. The van der Waals surface area contributed by atoms with Crippen LogP contribution >= 0.6 is 11.8 Å². The van der Waals surface area contributed by atoms with Crippen LogP contribution in [-0.4, -0.2) is 30.4 Å². The van der Waals surface area contributed by atoms with E-state index < -0.39 is 0 Å². The van der Waals surface area contributed by atoms with Gasteiger partial charge in [-0.05, 0) is 13.8 Å². The van der Waals surface area contributed by atoms with Crippen molar-refractivity contribution in [3.8, 4) is 0 Å². The van der Waals surface area contributed by atoms with E-state index in [0.29, 0.717) is 10.1 Å². The molecule has 0 aromatic heterocycles. The smallest absolute Gasteiger partial charge is 0.0619 e. The van der Waals surface area contributed by atoms with Gasteiger partial charge < -0.3 is 10.1 Å². The Labute approximate surface area is 66.7 Å². The molecule has 1 N–H and O–H groups in total. The summed E-state index contributed by atoms with van der Waals surface area (Å²) in [5.41, 5.74) is 0. The van der Waals surface area contributed by atoms with E-state index in [-0.39, 0.29) is 0 Å². The van der Waals surface area contributed by atoms with Crippen LogP contribution in [0.4, 0.5) is 0 Å². The summed E-state index contributed by atoms with van der Waals surface area (Å²) in [6, 6.07) is 0. The minimum atomic E-state index is 0.300. The van der Waals surface area contributed by atoms with E-state index in [9.17, 15) is 0 Å². The van der Waals surface area contributed by atoms with Crippen molar-refractivity contribution in [3.05, 3.63) is 0 Å². The summed E-state index contributed by atoms with van der Waals surface area (Å²) < 4.78 is 5.42. The van der Waals surface area contributed by atoms with Gasteiger partial charge in [-0.15, -0.1) is 11.8 Å². The molecule has 2 atom stereocenters. The summed E-state index contributed by atoms with van der Waals surface area (Å²) in [7, 11) is 1.76. The van der Waals surface area contributed by atoms with Crippen molar-refractivity contribution in [2.24, 2.45) is 0 Å². The highest BCUT2D eigenvalue weighted by atomic mass is 32.2. The molecule has 2 nitrogen and oxygen atoms in total. The summed E-state index contributed by atoms with van der Waals surface area (Å²) in [6.45, 7) is 6.32. The van der Waals surface area contributed by atoms with Crippen molar-refractivity contribution in [1.29, 1.82) is 0 Å². The molecule has 0 saturated carbocycles. The van der Waals surface area contributed by atoms with Gasteiger partial charge in [-0.1, -0.05) is 0 Å². The maximum absolute atomic E-state index is 5.12. The SMILES string of the molecule is COCC1(C)CNC(C)S1. The molecule has 60 valence electrons. The topological polar surface area (TPSA) is 21.3 Å². The molecule has 0 aliphatic carbocycles. The van der Waals surface area contributed by atoms with Crippen LogP contribution in [0.25, 0.3) is 0 Å². The number of ether oxygens (including phenoxy) is 1. The number of methoxy groups -OCH3 is 1. The van der Waals surface area contributed by atoms with Gasteiger partial charge in [0, 0.05) is 13.7 Å². The maximum Gasteiger partial charge on any atom is 0.0619 e. The third-order valence-electron chi connectivity index (χ3n) is 1.67. The monoisotopic (exact) mass is 161 g/mol. The predicted molar refractivity (Wildman–Crippen MR) is 45.3 cm³/mol. The lowest BCUT2D eigenvalue weighted by atomic mass is 10.2. The van der Waals surface area contributed by atoms with Crippen LogP contribution in [0.3, 0.4) is 0 Å². The standard InChI is InChI=1S/C7H15NOS/c1-6-8-4-7(2,10-6)5-9-3/h6,8H,4-5H2,1-3H3. The minimum Gasteiger partial charge on any atom is -0.383 e. The number of hydrogen-bond donors (Lipinski definition) is 1. The van der Waals surface area contributed by atoms with Crippen molar-refractivity contribution < 1.29 is 4.74 Å². The number of rotatable bonds is 2. The highest BCUT2D eigenvalue weighted by molar-refractivity contribution is 8.01. The van der Waals surface area contributed by atoms with Gasteiger partial charge in [-0.25, -0.2) is 0 Å². The minimum absolute atomic E-state index is 0.300. The second-order valence-electron chi connectivity index (χ2n) is 3.02. The van der Waals surface area contributed by atoms with Crippen molar-refractivity contribution in [2.45, 2.75) is 24.0 Å². The zero-order chi connectivity index (χ0) is 7.61. The van der Waals surface area contributed by atoms with Crippen molar-refractivity contribution in [2.75, 3.05) is 20.3 Å². The number of thioether (sulfide) groups is 1. The van der Waals surface area contributed by atoms with Gasteiger partial charge in [0.2, 0.25) is 0 Å². The Bertz CT molecular complexity index is 116. The molecule has 0 radical (unpaired) electrons. The first-order chi connectivity index (χ1) is 4.66. The molecule has 0 bridgehead atoms. The first kappa shape index (κ1) is 8.37. The highest BCUT2D eigenvalue weighted by Gasteiger charge is 2.33. The first-order valence-corrected chi connectivity index (χ1v) is 4.44. The number of nitrogens with one attached hydrogen (secondary N) is 1. The first-order valence-electron chi connectivity index (χ1n) is 3.56. The van der Waals surface area contributed by atoms with Crippen LogP contribution < -0.4 is 5.32 Å². The Morgan fingerprint density at radius 3 is 2.90 bits per heavy atom. The summed E-state index contributed by atoms with van der Waals surface area (Å²) >= 11 is 1.96. The van der Waals surface area contributed by atoms with Crippen molar-refractivity contribution >= 4 is 11.8 Å². The molecule has 1 rings (SSSR count). The fourth-order valence-electron chi connectivity index (χ4n) is 1.26. The Morgan fingerprint density at radius 2 is 2.50 bits per heavy atom. The predicted octanol–water partition coefficient (Wildman–Crippen LogP) is 1.07. The molecular formula is C7H15NOS. The number of hydrogen-bond acceptors (Lipinski definition) is 3. The van der Waals surface area contributed by atoms with Gasteiger partial charge in [-0.3, -0.25) is 0 Å². The lowest BCUT2D eigenvalue weighted by Crippen LogP contribution is -2.30. The molecule has 3 heteroatoms. The fourth-order valence-corrected chi connectivity index (χ4v) is 2.63. The molecule has 1 fully saturated rings. The molecular weight excluding hydrogens is 146 g/mol. The average Bonchev–Trinajstić information content (AvgIpc) is 2.12. The third kappa shape index (κ3) is 1.87. The lowest BCUT2D eigenvalue weighted by Gasteiger charge is -2.20. The molecule has 1 heterocycles. The van der Waals surface area contributed by atoms with E-state index in [2.05, 4.69) is 19.2 Å². The third-order valence-corrected chi connectivity index (χ3v) is 3.03. The quantitative estimate of drug-likeness (QED) is 0.654. The molecule has 1 saturated heterocycles. The maximum atomic E-state index is 5.12. The van der Waals surface area contributed by atoms with Gasteiger partial charge in [0.25, 0.3) is 0 Å². The molecule has 10 heavy (non-hydrogen) atoms. The summed E-state index contributed by atoms with van der Waals surface area (Å²) in [4.78, 5) is 0. The van der Waals surface area contributed by atoms with E-state index in [4.69, 9.17) is 4.74 Å². The van der Waals surface area contributed by atoms with Gasteiger partial charge in [-0.2, -0.15) is 0 Å². The largest absolute Gasteiger partial charge is 0.383 e. The van der Waals surface area contributed by atoms with Crippen molar-refractivity contribution in [3.63, 3.8) is 0 Å². The Morgan fingerprint density at radius 1 is 1.80 bits per heavy atom. The summed E-state index contributed by atoms with van der Waals surface area (Å²) in [6.07, 6.45) is 0. The van der Waals surface area contributed by atoms with Crippen LogP contribution in [0.2, 0.25) is 0 Å². The normalized spacial score (nSPS) is 40.5. The second kappa shape index (κ2) is 3.11. The van der Waals surface area contributed by atoms with Crippen LogP contribution in [0.5, 0.6) is 0 Å². The fraction of sp³-hybridized carbons (Fsp3) is 1.00. The Kier molecular flexibility index (Phi) is 2.61. The van der Waals surface area contributed by atoms with E-state index in [1.54, 1.807) is 7.11 Å². The van der Waals surface area contributed by atoms with E-state index in [1.807, 2.05) is 11.8 Å². The summed E-state index contributed by atoms with van der Waals surface area (Å²) in [5.74, 6) is 0.